The van der Waals surface area contributed by atoms with Gasteiger partial charge < -0.3 is 9.52 Å². The van der Waals surface area contributed by atoms with Gasteiger partial charge in [-0.2, -0.15) is 0 Å². The van der Waals surface area contributed by atoms with Crippen LogP contribution >= 0.6 is 0 Å². The Morgan fingerprint density at radius 2 is 1.16 bits per heavy atom. The molecule has 4 aromatic carbocycles. The van der Waals surface area contributed by atoms with Crippen LogP contribution in [-0.4, -0.2) is 15.1 Å². The Bertz CT molecular complexity index is 2200. The van der Waals surface area contributed by atoms with Crippen molar-refractivity contribution in [1.29, 1.82) is 0 Å². The number of phenolic OH excluding ortho intramolecular Hbond substituents is 1. The molecule has 4 nitrogen and oxygen atoms in total. The number of hydrogen-bond donors (Lipinski definition) is 1. The van der Waals surface area contributed by atoms with Crippen molar-refractivity contribution >= 4 is 11.1 Å². The Morgan fingerprint density at radius 1 is 0.588 bits per heavy atom. The third-order valence-corrected chi connectivity index (χ3v) is 9.54. The zero-order valence-corrected chi connectivity index (χ0v) is 34.4. The number of phenols is 1. The van der Waals surface area contributed by atoms with E-state index < -0.39 is 0 Å². The first kappa shape index (κ1) is 38.2. The van der Waals surface area contributed by atoms with Gasteiger partial charge >= 0.3 is 0 Å². The van der Waals surface area contributed by atoms with Crippen LogP contribution in [0.2, 0.25) is 0 Å². The number of hydrogen-bond acceptors (Lipinski definition) is 4. The number of fused-ring (bicyclic) bond motifs is 1. The van der Waals surface area contributed by atoms with Gasteiger partial charge in [-0.3, -0.25) is 4.98 Å². The van der Waals surface area contributed by atoms with E-state index in [-0.39, 0.29) is 48.5 Å². The number of pyridine rings is 1. The molecule has 6 aromatic rings. The van der Waals surface area contributed by atoms with E-state index in [1.807, 2.05) is 18.3 Å². The molecule has 0 unspecified atom stereocenters. The second-order valence-electron chi connectivity index (χ2n) is 17.8. The number of oxazole rings is 1. The first-order valence-electron chi connectivity index (χ1n) is 17.6. The molecular weight excluding hydrogens is 808 g/mol. The Kier molecular flexibility index (Phi) is 10.1. The molecule has 1 N–H and O–H groups in total. The van der Waals surface area contributed by atoms with E-state index in [9.17, 15) is 5.11 Å². The maximum Gasteiger partial charge on any atom is 0.230 e. The first-order valence-corrected chi connectivity index (χ1v) is 17.6. The fraction of sp³-hybridized carbons (Fsp3) is 0.348. The van der Waals surface area contributed by atoms with Crippen LogP contribution in [0.15, 0.2) is 89.5 Å². The van der Waals surface area contributed by atoms with Gasteiger partial charge in [-0.1, -0.05) is 143 Å². The van der Waals surface area contributed by atoms with E-state index in [2.05, 4.69) is 156 Å². The first-order chi connectivity index (χ1) is 23.2. The third-order valence-electron chi connectivity index (χ3n) is 9.54. The van der Waals surface area contributed by atoms with Crippen LogP contribution in [0.1, 0.15) is 105 Å². The summed E-state index contributed by atoms with van der Waals surface area (Å²) in [6, 6.07) is 31.3. The summed E-state index contributed by atoms with van der Waals surface area (Å²) in [7, 11) is 0. The summed E-state index contributed by atoms with van der Waals surface area (Å²) in [5.74, 6) is 0.619. The van der Waals surface area contributed by atoms with Crippen molar-refractivity contribution in [2.75, 3.05) is 0 Å². The number of aromatic hydroxyl groups is 1. The molecule has 0 aliphatic rings. The van der Waals surface area contributed by atoms with Crippen molar-refractivity contribution in [2.45, 2.75) is 105 Å². The Balaban J connectivity index is 0.00000504. The smallest absolute Gasteiger partial charge is 0.230 e. The molecule has 0 bridgehead atoms. The fourth-order valence-electron chi connectivity index (χ4n) is 6.26. The van der Waals surface area contributed by atoms with Crippen LogP contribution in [0.5, 0.6) is 5.75 Å². The molecule has 0 fully saturated rings. The molecule has 51 heavy (non-hydrogen) atoms. The van der Waals surface area contributed by atoms with Gasteiger partial charge in [0.05, 0.1) is 11.1 Å². The molecule has 0 radical (unpaired) electrons. The van der Waals surface area contributed by atoms with Gasteiger partial charge in [-0.05, 0) is 62.1 Å². The molecule has 5 heteroatoms. The molecule has 268 valence electrons. The van der Waals surface area contributed by atoms with Gasteiger partial charge in [-0.15, -0.1) is 29.3 Å². The summed E-state index contributed by atoms with van der Waals surface area (Å²) in [5.41, 5.74) is 11.5. The van der Waals surface area contributed by atoms with Gasteiger partial charge in [0, 0.05) is 38.5 Å². The molecule has 2 aromatic heterocycles. The molecule has 2 heterocycles. The van der Waals surface area contributed by atoms with E-state index in [1.54, 1.807) is 0 Å². The molecule has 0 aliphatic carbocycles. The molecule has 0 atom stereocenters. The quantitative estimate of drug-likeness (QED) is 0.179. The fourth-order valence-corrected chi connectivity index (χ4v) is 6.26. The van der Waals surface area contributed by atoms with E-state index in [0.29, 0.717) is 17.0 Å². The summed E-state index contributed by atoms with van der Waals surface area (Å²) in [6.45, 7) is 26.3. The predicted molar refractivity (Wildman–Crippen MR) is 209 cm³/mol. The Morgan fingerprint density at radius 3 is 1.76 bits per heavy atom. The van der Waals surface area contributed by atoms with Gasteiger partial charge in [0.15, 0.2) is 0 Å². The van der Waals surface area contributed by atoms with Crippen molar-refractivity contribution in [1.82, 2.24) is 9.97 Å². The second kappa shape index (κ2) is 13.5. The van der Waals surface area contributed by atoms with E-state index in [4.69, 9.17) is 14.4 Å². The number of aromatic nitrogens is 2. The Hall–Kier alpha value is -4.01. The summed E-state index contributed by atoms with van der Waals surface area (Å²) in [6.07, 6.45) is 1.88. The minimum Gasteiger partial charge on any atom is -0.507 e. The van der Waals surface area contributed by atoms with Crippen LogP contribution in [-0.2, 0) is 42.7 Å². The van der Waals surface area contributed by atoms with E-state index in [1.165, 1.54) is 5.56 Å². The van der Waals surface area contributed by atoms with Crippen LogP contribution in [0, 0.1) is 6.07 Å². The summed E-state index contributed by atoms with van der Waals surface area (Å²) in [5, 5.41) is 11.7. The molecule has 0 amide bonds. The largest absolute Gasteiger partial charge is 0.507 e. The number of nitrogens with zero attached hydrogens (tertiary/aromatic N) is 2. The standard InChI is InChI=1S/C46H51N2O2.Pt/c1-43(2,3)32-21-30(20-31(22-32)38-23-29(18-19-47-38)28-16-14-13-15-17-28)35-24-34(45(7,8)9)27-39-40(35)48-42(50-39)36-25-33(44(4,5)6)26-37(41(36)49)46(10,11)12;/h13-19,21-27,49H,1-12H3;/q-1;. The maximum absolute atomic E-state index is 11.7. The molecule has 6 rings (SSSR count). The number of rotatable bonds is 4. The molecular formula is C46H51N2O2Pt-. The molecule has 0 aliphatic heterocycles. The van der Waals surface area contributed by atoms with Gasteiger partial charge in [-0.25, -0.2) is 4.98 Å². The molecule has 0 saturated heterocycles. The normalized spacial score (nSPS) is 12.6. The minimum atomic E-state index is -0.277. The van der Waals surface area contributed by atoms with Crippen LogP contribution in [0.3, 0.4) is 0 Å². The van der Waals surface area contributed by atoms with Crippen LogP contribution in [0.4, 0.5) is 0 Å². The van der Waals surface area contributed by atoms with Gasteiger partial charge in [0.1, 0.15) is 11.3 Å². The van der Waals surface area contributed by atoms with E-state index >= 15 is 0 Å². The van der Waals surface area contributed by atoms with Gasteiger partial charge in [0.2, 0.25) is 5.89 Å². The topological polar surface area (TPSA) is 59.2 Å². The molecule has 0 spiro atoms. The minimum absolute atomic E-state index is 0. The number of benzene rings is 4. The third kappa shape index (κ3) is 7.92. The summed E-state index contributed by atoms with van der Waals surface area (Å²) < 4.78 is 6.65. The van der Waals surface area contributed by atoms with Crippen molar-refractivity contribution in [3.8, 4) is 50.7 Å². The maximum atomic E-state index is 11.7. The average molecular weight is 859 g/mol. The van der Waals surface area contributed by atoms with Crippen LogP contribution in [0.25, 0.3) is 56.1 Å². The monoisotopic (exact) mass is 858 g/mol. The van der Waals surface area contributed by atoms with Crippen molar-refractivity contribution in [2.24, 2.45) is 0 Å². The van der Waals surface area contributed by atoms with Crippen molar-refractivity contribution in [3.05, 3.63) is 113 Å². The van der Waals surface area contributed by atoms with Crippen molar-refractivity contribution < 1.29 is 30.6 Å². The zero-order valence-electron chi connectivity index (χ0n) is 32.1. The van der Waals surface area contributed by atoms with E-state index in [0.717, 1.165) is 55.7 Å². The summed E-state index contributed by atoms with van der Waals surface area (Å²) in [4.78, 5) is 10.0. The Labute approximate surface area is 319 Å². The zero-order chi connectivity index (χ0) is 36.4. The van der Waals surface area contributed by atoms with Crippen LogP contribution < -0.4 is 0 Å². The second-order valence-corrected chi connectivity index (χ2v) is 17.8. The summed E-state index contributed by atoms with van der Waals surface area (Å²) >= 11 is 0. The van der Waals surface area contributed by atoms with Crippen molar-refractivity contribution in [3.63, 3.8) is 0 Å². The predicted octanol–water partition coefficient (Wildman–Crippen LogP) is 12.6. The SMILES string of the molecule is CC(C)(C)c1cc(-c2cc(-c3ccccc3)ccn2)[c-]c(-c2cc(C(C)(C)C)cc3oc(-c4cc(C(C)(C)C)cc(C(C)(C)C)c4O)nc23)c1.[Pt]. The van der Waals surface area contributed by atoms with Gasteiger partial charge in [0.25, 0.3) is 0 Å². The molecule has 0 saturated carbocycles. The average Bonchev–Trinajstić information content (AvgIpc) is 3.47.